The van der Waals surface area contributed by atoms with E-state index >= 15 is 4.39 Å². The van der Waals surface area contributed by atoms with E-state index in [2.05, 4.69) is 14.6 Å². The zero-order chi connectivity index (χ0) is 25.7. The molecular weight excluding hydrogens is 484 g/mol. The highest BCUT2D eigenvalue weighted by atomic mass is 19.4. The van der Waals surface area contributed by atoms with Crippen LogP contribution in [-0.4, -0.2) is 66.0 Å². The third-order valence-electron chi connectivity index (χ3n) is 5.72. The SMILES string of the molecule is COc1ccccc1CCN(Cc1ccc(-c2nnc(C(F)(F)F)o2)cc1F)C(=O)N1CCOCC1. The van der Waals surface area contributed by atoms with Gasteiger partial charge in [0.15, 0.2) is 0 Å². The van der Waals surface area contributed by atoms with E-state index in [4.69, 9.17) is 9.47 Å². The lowest BCUT2D eigenvalue weighted by Gasteiger charge is -2.33. The maximum absolute atomic E-state index is 15.0. The molecule has 1 aromatic heterocycles. The van der Waals surface area contributed by atoms with Crippen LogP contribution in [0, 0.1) is 5.82 Å². The number of alkyl halides is 3. The second-order valence-corrected chi connectivity index (χ2v) is 8.08. The molecule has 3 aromatic rings. The molecule has 36 heavy (non-hydrogen) atoms. The summed E-state index contributed by atoms with van der Waals surface area (Å²) in [5.74, 6) is -1.99. The van der Waals surface area contributed by atoms with Crippen LogP contribution in [0.5, 0.6) is 5.75 Å². The lowest BCUT2D eigenvalue weighted by atomic mass is 10.1. The average molecular weight is 508 g/mol. The van der Waals surface area contributed by atoms with Gasteiger partial charge in [0, 0.05) is 30.8 Å². The molecule has 0 unspecified atom stereocenters. The number of carbonyl (C=O) groups is 1. The van der Waals surface area contributed by atoms with Crippen molar-refractivity contribution in [3.63, 3.8) is 0 Å². The highest BCUT2D eigenvalue weighted by Gasteiger charge is 2.38. The van der Waals surface area contributed by atoms with E-state index in [-0.39, 0.29) is 30.2 Å². The summed E-state index contributed by atoms with van der Waals surface area (Å²) in [6.07, 6.45) is -4.33. The molecule has 12 heteroatoms. The molecular formula is C24H24F4N4O4. The number of hydrogen-bond donors (Lipinski definition) is 0. The molecule has 8 nitrogen and oxygen atoms in total. The first-order valence-corrected chi connectivity index (χ1v) is 11.2. The Morgan fingerprint density at radius 2 is 1.86 bits per heavy atom. The van der Waals surface area contributed by atoms with Gasteiger partial charge in [-0.25, -0.2) is 9.18 Å². The number of rotatable bonds is 7. The fourth-order valence-electron chi connectivity index (χ4n) is 3.83. The third-order valence-corrected chi connectivity index (χ3v) is 5.72. The van der Waals surface area contributed by atoms with E-state index in [0.717, 1.165) is 11.6 Å². The number of hydrogen-bond acceptors (Lipinski definition) is 6. The predicted octanol–water partition coefficient (Wildman–Crippen LogP) is 4.40. The van der Waals surface area contributed by atoms with E-state index < -0.39 is 23.8 Å². The molecule has 2 aromatic carbocycles. The Morgan fingerprint density at radius 1 is 1.11 bits per heavy atom. The topological polar surface area (TPSA) is 80.9 Å². The summed E-state index contributed by atoms with van der Waals surface area (Å²) < 4.78 is 68.6. The molecule has 0 radical (unpaired) electrons. The van der Waals surface area contributed by atoms with E-state index in [0.29, 0.717) is 38.5 Å². The molecule has 0 bridgehead atoms. The van der Waals surface area contributed by atoms with Crippen molar-refractivity contribution in [2.75, 3.05) is 40.0 Å². The number of morpholine rings is 1. The first kappa shape index (κ1) is 25.4. The first-order chi connectivity index (χ1) is 17.3. The highest BCUT2D eigenvalue weighted by molar-refractivity contribution is 5.74. The number of amides is 2. The Labute approximate surface area is 204 Å². The maximum atomic E-state index is 15.0. The molecule has 4 rings (SSSR count). The van der Waals surface area contributed by atoms with Crippen molar-refractivity contribution < 1.29 is 36.2 Å². The number of para-hydroxylation sites is 1. The first-order valence-electron chi connectivity index (χ1n) is 11.2. The van der Waals surface area contributed by atoms with Crippen molar-refractivity contribution >= 4 is 6.03 Å². The molecule has 0 N–H and O–H groups in total. The zero-order valence-corrected chi connectivity index (χ0v) is 19.4. The Morgan fingerprint density at radius 3 is 2.53 bits per heavy atom. The standard InChI is InChI=1S/C24H24F4N4O4/c1-34-20-5-3-2-4-16(20)8-9-32(23(33)31-10-12-35-13-11-31)15-18-7-6-17(14-19(18)25)21-29-30-22(36-21)24(26,27)28/h2-7,14H,8-13,15H2,1H3. The van der Waals surface area contributed by atoms with Gasteiger partial charge in [0.2, 0.25) is 5.89 Å². The summed E-state index contributed by atoms with van der Waals surface area (Å²) in [5, 5.41) is 6.32. The van der Waals surface area contributed by atoms with E-state index in [9.17, 15) is 18.0 Å². The van der Waals surface area contributed by atoms with Crippen LogP contribution in [0.15, 0.2) is 46.9 Å². The highest BCUT2D eigenvalue weighted by Crippen LogP contribution is 2.31. The number of nitrogens with zero attached hydrogens (tertiary/aromatic N) is 4. The van der Waals surface area contributed by atoms with Gasteiger partial charge in [-0.1, -0.05) is 24.3 Å². The number of halogens is 4. The number of carbonyl (C=O) groups excluding carboxylic acids is 1. The molecule has 1 aliphatic rings. The number of aromatic nitrogens is 2. The summed E-state index contributed by atoms with van der Waals surface area (Å²) in [6, 6.07) is 11.0. The fourth-order valence-corrected chi connectivity index (χ4v) is 3.83. The molecule has 1 saturated heterocycles. The second kappa shape index (κ2) is 10.9. The Kier molecular flexibility index (Phi) is 7.73. The molecule has 0 atom stereocenters. The molecule has 2 heterocycles. The smallest absolute Gasteiger partial charge is 0.470 e. The summed E-state index contributed by atoms with van der Waals surface area (Å²) in [4.78, 5) is 16.5. The van der Waals surface area contributed by atoms with Crippen molar-refractivity contribution in [2.24, 2.45) is 0 Å². The van der Waals surface area contributed by atoms with Crippen LogP contribution in [0.2, 0.25) is 0 Å². The number of urea groups is 1. The van der Waals surface area contributed by atoms with Gasteiger partial charge in [-0.2, -0.15) is 13.2 Å². The van der Waals surface area contributed by atoms with Crippen molar-refractivity contribution in [3.05, 3.63) is 65.3 Å². The van der Waals surface area contributed by atoms with Gasteiger partial charge in [0.25, 0.3) is 0 Å². The normalized spacial score (nSPS) is 14.1. The predicted molar refractivity (Wildman–Crippen MR) is 120 cm³/mol. The average Bonchev–Trinajstić information content (AvgIpc) is 3.39. The van der Waals surface area contributed by atoms with Gasteiger partial charge < -0.3 is 23.7 Å². The minimum absolute atomic E-state index is 0.000622. The van der Waals surface area contributed by atoms with Crippen LogP contribution >= 0.6 is 0 Å². The van der Waals surface area contributed by atoms with Crippen LogP contribution in [0.1, 0.15) is 17.0 Å². The van der Waals surface area contributed by atoms with Gasteiger partial charge in [-0.15, -0.1) is 10.2 Å². The quantitative estimate of drug-likeness (QED) is 0.440. The fraction of sp³-hybridized carbons (Fsp3) is 0.375. The Hall–Kier alpha value is -3.67. The van der Waals surface area contributed by atoms with Crippen LogP contribution in [0.4, 0.5) is 22.4 Å². The van der Waals surface area contributed by atoms with Gasteiger partial charge >= 0.3 is 18.1 Å². The van der Waals surface area contributed by atoms with Crippen molar-refractivity contribution in [2.45, 2.75) is 19.1 Å². The molecule has 0 spiro atoms. The van der Waals surface area contributed by atoms with Crippen LogP contribution < -0.4 is 4.74 Å². The third kappa shape index (κ3) is 5.93. The van der Waals surface area contributed by atoms with E-state index in [1.807, 2.05) is 24.3 Å². The largest absolute Gasteiger partial charge is 0.496 e. The van der Waals surface area contributed by atoms with Gasteiger partial charge in [0.1, 0.15) is 11.6 Å². The number of benzene rings is 2. The summed E-state index contributed by atoms with van der Waals surface area (Å²) in [7, 11) is 1.56. The van der Waals surface area contributed by atoms with Crippen LogP contribution in [0.25, 0.3) is 11.5 Å². The van der Waals surface area contributed by atoms with E-state index in [1.54, 1.807) is 12.0 Å². The summed E-state index contributed by atoms with van der Waals surface area (Å²) in [6.45, 7) is 1.91. The Bertz CT molecular complexity index is 1190. The summed E-state index contributed by atoms with van der Waals surface area (Å²) in [5.41, 5.74) is 1.09. The Balaban J connectivity index is 1.54. The molecule has 2 amide bonds. The molecule has 0 aliphatic carbocycles. The number of methoxy groups -OCH3 is 1. The van der Waals surface area contributed by atoms with Crippen molar-refractivity contribution in [1.29, 1.82) is 0 Å². The monoisotopic (exact) mass is 508 g/mol. The van der Waals surface area contributed by atoms with Crippen LogP contribution in [-0.2, 0) is 23.9 Å². The van der Waals surface area contributed by atoms with Gasteiger partial charge in [-0.05, 0) is 30.2 Å². The number of ether oxygens (including phenoxy) is 2. The maximum Gasteiger partial charge on any atom is 0.470 e. The summed E-state index contributed by atoms with van der Waals surface area (Å²) >= 11 is 0. The van der Waals surface area contributed by atoms with Crippen molar-refractivity contribution in [3.8, 4) is 17.2 Å². The minimum atomic E-state index is -4.80. The van der Waals surface area contributed by atoms with Gasteiger partial charge in [0.05, 0.1) is 26.9 Å². The lowest BCUT2D eigenvalue weighted by molar-refractivity contribution is -0.156. The lowest BCUT2D eigenvalue weighted by Crippen LogP contribution is -2.48. The van der Waals surface area contributed by atoms with Gasteiger partial charge in [-0.3, -0.25) is 0 Å². The molecule has 1 aliphatic heterocycles. The zero-order valence-electron chi connectivity index (χ0n) is 19.4. The second-order valence-electron chi connectivity index (χ2n) is 8.08. The molecule has 192 valence electrons. The van der Waals surface area contributed by atoms with Crippen molar-refractivity contribution in [1.82, 2.24) is 20.0 Å². The minimum Gasteiger partial charge on any atom is -0.496 e. The molecule has 1 fully saturated rings. The molecule has 0 saturated carbocycles. The van der Waals surface area contributed by atoms with Crippen LogP contribution in [0.3, 0.4) is 0 Å². The van der Waals surface area contributed by atoms with E-state index in [1.165, 1.54) is 17.0 Å².